The third-order valence-corrected chi connectivity index (χ3v) is 3.52. The highest BCUT2D eigenvalue weighted by atomic mass is 19.1. The van der Waals surface area contributed by atoms with E-state index in [9.17, 15) is 9.50 Å². The Balaban J connectivity index is 2.26. The molecule has 2 atom stereocenters. The van der Waals surface area contributed by atoms with E-state index in [1.54, 1.807) is 0 Å². The van der Waals surface area contributed by atoms with Crippen LogP contribution in [0.3, 0.4) is 0 Å². The zero-order valence-electron chi connectivity index (χ0n) is 8.83. The minimum atomic E-state index is -0.209. The fourth-order valence-corrected chi connectivity index (χ4v) is 2.28. The van der Waals surface area contributed by atoms with Crippen molar-refractivity contribution in [3.63, 3.8) is 0 Å². The van der Waals surface area contributed by atoms with E-state index in [4.69, 9.17) is 5.73 Å². The van der Waals surface area contributed by atoms with Crippen molar-refractivity contribution < 1.29 is 9.50 Å². The minimum Gasteiger partial charge on any atom is -0.396 e. The molecule has 2 rings (SSSR count). The van der Waals surface area contributed by atoms with Gasteiger partial charge in [-0.1, -0.05) is 6.07 Å². The number of aliphatic hydroxyl groups excluding tert-OH is 1. The van der Waals surface area contributed by atoms with Crippen molar-refractivity contribution in [1.29, 1.82) is 0 Å². The summed E-state index contributed by atoms with van der Waals surface area (Å²) in [5, 5.41) is 9.28. The lowest BCUT2D eigenvalue weighted by Crippen LogP contribution is -2.21. The van der Waals surface area contributed by atoms with Crippen molar-refractivity contribution in [2.75, 3.05) is 13.2 Å². The molecule has 82 valence electrons. The zero-order chi connectivity index (χ0) is 11.1. The maximum absolute atomic E-state index is 12.9. The molecular formula is C12H16FNO. The van der Waals surface area contributed by atoms with E-state index in [0.717, 1.165) is 17.5 Å². The molecule has 3 heteroatoms. The number of aryl methyl sites for hydroxylation is 1. The predicted molar refractivity (Wildman–Crippen MR) is 57.1 cm³/mol. The van der Waals surface area contributed by atoms with Crippen LogP contribution >= 0.6 is 0 Å². The molecule has 0 amide bonds. The van der Waals surface area contributed by atoms with E-state index in [0.29, 0.717) is 12.5 Å². The van der Waals surface area contributed by atoms with Gasteiger partial charge < -0.3 is 10.8 Å². The molecule has 0 heterocycles. The Morgan fingerprint density at radius 1 is 1.60 bits per heavy atom. The van der Waals surface area contributed by atoms with Gasteiger partial charge in [-0.15, -0.1) is 0 Å². The maximum atomic E-state index is 12.9. The Morgan fingerprint density at radius 2 is 2.33 bits per heavy atom. The van der Waals surface area contributed by atoms with Crippen LogP contribution in [0, 0.1) is 18.2 Å². The summed E-state index contributed by atoms with van der Waals surface area (Å²) in [5.74, 6) is 0.0901. The van der Waals surface area contributed by atoms with Crippen LogP contribution in [0.5, 0.6) is 0 Å². The van der Waals surface area contributed by atoms with Crippen LogP contribution in [0.1, 0.15) is 23.5 Å². The summed E-state index contributed by atoms with van der Waals surface area (Å²) in [6.45, 7) is 2.51. The van der Waals surface area contributed by atoms with Crippen LogP contribution in [0.15, 0.2) is 18.2 Å². The Hall–Kier alpha value is -0.930. The minimum absolute atomic E-state index is 0.116. The van der Waals surface area contributed by atoms with Crippen LogP contribution in [0.25, 0.3) is 0 Å². The second-order valence-corrected chi connectivity index (χ2v) is 4.48. The highest BCUT2D eigenvalue weighted by Gasteiger charge is 2.53. The van der Waals surface area contributed by atoms with Gasteiger partial charge in [-0.05, 0) is 42.5 Å². The number of nitrogens with two attached hydrogens (primary N) is 1. The Kier molecular flexibility index (Phi) is 2.52. The van der Waals surface area contributed by atoms with Gasteiger partial charge in [0.05, 0.1) is 6.61 Å². The molecule has 3 N–H and O–H groups in total. The first-order valence-corrected chi connectivity index (χ1v) is 5.20. The van der Waals surface area contributed by atoms with Gasteiger partial charge in [-0.3, -0.25) is 0 Å². The lowest BCUT2D eigenvalue weighted by atomic mass is 9.97. The predicted octanol–water partition coefficient (Wildman–Crippen LogP) is 1.56. The van der Waals surface area contributed by atoms with E-state index < -0.39 is 0 Å². The van der Waals surface area contributed by atoms with Crippen molar-refractivity contribution in [3.05, 3.63) is 35.1 Å². The standard InChI is InChI=1S/C12H16FNO/c1-8-4-9(13)2-3-10(8)11-5-12(11,6-14)7-15/h2-4,11,15H,5-7,14H2,1H3. The normalized spacial score (nSPS) is 29.2. The maximum Gasteiger partial charge on any atom is 0.123 e. The Bertz CT molecular complexity index is 374. The molecule has 1 aliphatic carbocycles. The molecule has 1 saturated carbocycles. The highest BCUT2D eigenvalue weighted by molar-refractivity contribution is 5.37. The van der Waals surface area contributed by atoms with Gasteiger partial charge in [-0.2, -0.15) is 0 Å². The van der Waals surface area contributed by atoms with Gasteiger partial charge in [0.2, 0.25) is 0 Å². The fraction of sp³-hybridized carbons (Fsp3) is 0.500. The number of benzene rings is 1. The monoisotopic (exact) mass is 209 g/mol. The summed E-state index contributed by atoms with van der Waals surface area (Å²) in [5.41, 5.74) is 7.57. The van der Waals surface area contributed by atoms with E-state index in [2.05, 4.69) is 0 Å². The second-order valence-electron chi connectivity index (χ2n) is 4.48. The van der Waals surface area contributed by atoms with Gasteiger partial charge in [0.1, 0.15) is 5.82 Å². The van der Waals surface area contributed by atoms with Gasteiger partial charge in [0.25, 0.3) is 0 Å². The lowest BCUT2D eigenvalue weighted by molar-refractivity contribution is 0.211. The summed E-state index contributed by atoms with van der Waals surface area (Å²) in [4.78, 5) is 0. The Morgan fingerprint density at radius 3 is 2.80 bits per heavy atom. The summed E-state index contributed by atoms with van der Waals surface area (Å²) >= 11 is 0. The van der Waals surface area contributed by atoms with Crippen LogP contribution in [-0.2, 0) is 0 Å². The van der Waals surface area contributed by atoms with E-state index in [-0.39, 0.29) is 17.8 Å². The third-order valence-electron chi connectivity index (χ3n) is 3.52. The molecule has 0 spiro atoms. The van der Waals surface area contributed by atoms with Crippen LogP contribution in [-0.4, -0.2) is 18.3 Å². The largest absolute Gasteiger partial charge is 0.396 e. The Labute approximate surface area is 88.9 Å². The van der Waals surface area contributed by atoms with Crippen molar-refractivity contribution in [2.45, 2.75) is 19.3 Å². The first kappa shape index (κ1) is 10.6. The fourth-order valence-electron chi connectivity index (χ4n) is 2.28. The molecule has 1 aliphatic rings. The summed E-state index contributed by atoms with van der Waals surface area (Å²) in [7, 11) is 0. The van der Waals surface area contributed by atoms with Crippen molar-refractivity contribution >= 4 is 0 Å². The molecule has 0 aromatic heterocycles. The molecule has 1 fully saturated rings. The number of aliphatic hydroxyl groups is 1. The summed E-state index contributed by atoms with van der Waals surface area (Å²) in [6.07, 6.45) is 0.909. The number of rotatable bonds is 3. The number of hydrogen-bond donors (Lipinski definition) is 2. The SMILES string of the molecule is Cc1cc(F)ccc1C1CC1(CN)CO. The average Bonchev–Trinajstić information content (AvgIpc) is 2.93. The first-order valence-electron chi connectivity index (χ1n) is 5.20. The summed E-state index contributed by atoms with van der Waals surface area (Å²) < 4.78 is 12.9. The first-order chi connectivity index (χ1) is 7.13. The van der Waals surface area contributed by atoms with Gasteiger partial charge in [0.15, 0.2) is 0 Å². The number of hydrogen-bond acceptors (Lipinski definition) is 2. The van der Waals surface area contributed by atoms with E-state index in [1.807, 2.05) is 13.0 Å². The summed E-state index contributed by atoms with van der Waals surface area (Å²) in [6, 6.07) is 4.81. The van der Waals surface area contributed by atoms with Crippen LogP contribution in [0.4, 0.5) is 4.39 Å². The topological polar surface area (TPSA) is 46.2 Å². The quantitative estimate of drug-likeness (QED) is 0.793. The zero-order valence-corrected chi connectivity index (χ0v) is 8.83. The molecule has 0 bridgehead atoms. The van der Waals surface area contributed by atoms with Crippen LogP contribution < -0.4 is 5.73 Å². The van der Waals surface area contributed by atoms with Gasteiger partial charge >= 0.3 is 0 Å². The van der Waals surface area contributed by atoms with E-state index >= 15 is 0 Å². The molecule has 15 heavy (non-hydrogen) atoms. The second kappa shape index (κ2) is 3.58. The smallest absolute Gasteiger partial charge is 0.123 e. The molecule has 0 aliphatic heterocycles. The number of halogens is 1. The van der Waals surface area contributed by atoms with Crippen molar-refractivity contribution in [2.24, 2.45) is 11.1 Å². The molecule has 1 aromatic carbocycles. The molecule has 0 radical (unpaired) electrons. The van der Waals surface area contributed by atoms with Crippen LogP contribution in [0.2, 0.25) is 0 Å². The third kappa shape index (κ3) is 1.66. The molecule has 2 unspecified atom stereocenters. The molecule has 2 nitrogen and oxygen atoms in total. The molecular weight excluding hydrogens is 193 g/mol. The molecule has 1 aromatic rings. The van der Waals surface area contributed by atoms with Crippen molar-refractivity contribution in [3.8, 4) is 0 Å². The molecule has 0 saturated heterocycles. The van der Waals surface area contributed by atoms with E-state index in [1.165, 1.54) is 12.1 Å². The van der Waals surface area contributed by atoms with Crippen molar-refractivity contribution in [1.82, 2.24) is 0 Å². The average molecular weight is 209 g/mol. The van der Waals surface area contributed by atoms with Gasteiger partial charge in [0, 0.05) is 12.0 Å². The highest BCUT2D eigenvalue weighted by Crippen LogP contribution is 2.58. The lowest BCUT2D eigenvalue weighted by Gasteiger charge is -2.12. The van der Waals surface area contributed by atoms with Gasteiger partial charge in [-0.25, -0.2) is 4.39 Å².